The van der Waals surface area contributed by atoms with E-state index in [4.69, 9.17) is 28.5 Å². The van der Waals surface area contributed by atoms with Gasteiger partial charge in [-0.3, -0.25) is 14.4 Å². The van der Waals surface area contributed by atoms with E-state index >= 15 is 0 Å². The minimum atomic E-state index is -1.70. The Morgan fingerprint density at radius 2 is 1.17 bits per heavy atom. The van der Waals surface area contributed by atoms with Crippen LogP contribution in [0.5, 0.6) is 0 Å². The lowest BCUT2D eigenvalue weighted by Crippen LogP contribution is -2.63. The van der Waals surface area contributed by atoms with Gasteiger partial charge in [0.1, 0.15) is 42.7 Å². The highest BCUT2D eigenvalue weighted by Gasteiger charge is 2.50. The molecule has 12 atom stereocenters. The van der Waals surface area contributed by atoms with Crippen LogP contribution in [0.1, 0.15) is 130 Å². The van der Waals surface area contributed by atoms with Gasteiger partial charge in [-0.15, -0.1) is 5.06 Å². The van der Waals surface area contributed by atoms with E-state index in [0.717, 1.165) is 51.4 Å². The van der Waals surface area contributed by atoms with Crippen molar-refractivity contribution in [3.8, 4) is 0 Å². The predicted molar refractivity (Wildman–Crippen MR) is 181 cm³/mol. The van der Waals surface area contributed by atoms with E-state index in [-0.39, 0.29) is 25.7 Å². The monoisotopic (exact) mass is 747 g/mol. The van der Waals surface area contributed by atoms with Gasteiger partial charge in [-0.2, -0.15) is 0 Å². The topological polar surface area (TPSA) is 228 Å². The van der Waals surface area contributed by atoms with Crippen LogP contribution in [0.2, 0.25) is 0 Å². The summed E-state index contributed by atoms with van der Waals surface area (Å²) in [4.78, 5) is 55.3. The second kappa shape index (κ2) is 22.2. The molecule has 0 bridgehead atoms. The first kappa shape index (κ1) is 44.1. The van der Waals surface area contributed by atoms with Crippen molar-refractivity contribution in [2.45, 2.75) is 204 Å². The molecule has 5 N–H and O–H groups in total. The third kappa shape index (κ3) is 13.2. The Kier molecular flexibility index (Phi) is 18.8. The van der Waals surface area contributed by atoms with Crippen molar-refractivity contribution in [1.29, 1.82) is 0 Å². The van der Waals surface area contributed by atoms with Crippen molar-refractivity contribution in [2.24, 2.45) is 0 Å². The van der Waals surface area contributed by atoms with Crippen LogP contribution in [-0.4, -0.2) is 128 Å². The number of imide groups is 1. The third-order valence-corrected chi connectivity index (χ3v) is 9.76. The zero-order valence-electron chi connectivity index (χ0n) is 31.0. The smallest absolute Gasteiger partial charge is 0.336 e. The molecule has 3 aliphatic rings. The standard InChI is InChI=1S/C36H61NO15/c1-5-7-9-11-13-15-23(20-28(41)52-37-25(38)17-18-26(37)39)49-27(40)19-24(16-14-12-10-8-6-2)50-36-34(32(45)30(43)22(4)48-36)51-35-33(46)31(44)29(42)21(3)47-35/h21-24,29-36,42-46H,5-20H2,1-4H3. The molecule has 0 spiro atoms. The number of hydrogen-bond donors (Lipinski definition) is 5. The van der Waals surface area contributed by atoms with Crippen LogP contribution < -0.4 is 0 Å². The van der Waals surface area contributed by atoms with Gasteiger partial charge in [0.05, 0.1) is 31.2 Å². The van der Waals surface area contributed by atoms with Crippen molar-refractivity contribution < 1.29 is 73.2 Å². The second-order valence-electron chi connectivity index (χ2n) is 14.2. The number of carbonyl (C=O) groups excluding carboxylic acids is 4. The van der Waals surface area contributed by atoms with Crippen LogP contribution in [0.15, 0.2) is 0 Å². The lowest BCUT2D eigenvalue weighted by atomic mass is 9.97. The maximum absolute atomic E-state index is 13.5. The summed E-state index contributed by atoms with van der Waals surface area (Å²) in [7, 11) is 0. The number of nitrogens with zero attached hydrogens (tertiary/aromatic N) is 1. The normalized spacial score (nSPS) is 32.1. The van der Waals surface area contributed by atoms with Crippen molar-refractivity contribution in [1.82, 2.24) is 5.06 Å². The number of carbonyl (C=O) groups is 4. The fourth-order valence-electron chi connectivity index (χ4n) is 6.50. The molecule has 300 valence electrons. The molecule has 3 aliphatic heterocycles. The van der Waals surface area contributed by atoms with Gasteiger partial charge >= 0.3 is 11.9 Å². The first-order valence-electron chi connectivity index (χ1n) is 19.0. The number of hydrogen-bond acceptors (Lipinski definition) is 15. The minimum Gasteiger partial charge on any atom is -0.462 e. The summed E-state index contributed by atoms with van der Waals surface area (Å²) >= 11 is 0. The van der Waals surface area contributed by atoms with Gasteiger partial charge in [0.15, 0.2) is 12.6 Å². The van der Waals surface area contributed by atoms with Gasteiger partial charge in [0.25, 0.3) is 11.8 Å². The number of unbranched alkanes of at least 4 members (excludes halogenated alkanes) is 8. The summed E-state index contributed by atoms with van der Waals surface area (Å²) in [5.41, 5.74) is 0. The number of hydroxylamine groups is 2. The van der Waals surface area contributed by atoms with Crippen LogP contribution in [0.25, 0.3) is 0 Å². The van der Waals surface area contributed by atoms with Gasteiger partial charge in [0.2, 0.25) is 0 Å². The number of aliphatic hydroxyl groups is 5. The molecule has 3 heterocycles. The van der Waals surface area contributed by atoms with Crippen molar-refractivity contribution in [3.05, 3.63) is 0 Å². The zero-order chi connectivity index (χ0) is 38.4. The Balaban J connectivity index is 1.74. The molecular formula is C36H61NO15. The molecule has 0 saturated carbocycles. The molecule has 0 aromatic heterocycles. The van der Waals surface area contributed by atoms with Crippen molar-refractivity contribution in [2.75, 3.05) is 0 Å². The Hall–Kier alpha value is -2.28. The molecule has 0 radical (unpaired) electrons. The van der Waals surface area contributed by atoms with Gasteiger partial charge < -0.3 is 54.1 Å². The Labute approximate surface area is 306 Å². The van der Waals surface area contributed by atoms with E-state index < -0.39 is 97.4 Å². The van der Waals surface area contributed by atoms with E-state index in [0.29, 0.717) is 30.7 Å². The highest BCUT2D eigenvalue weighted by molar-refractivity contribution is 6.01. The van der Waals surface area contributed by atoms with Crippen LogP contribution in [0.4, 0.5) is 0 Å². The van der Waals surface area contributed by atoms with Crippen LogP contribution in [-0.2, 0) is 47.7 Å². The Bertz CT molecular complexity index is 1110. The van der Waals surface area contributed by atoms with Gasteiger partial charge in [-0.1, -0.05) is 71.6 Å². The molecule has 0 aromatic carbocycles. The largest absolute Gasteiger partial charge is 0.462 e. The van der Waals surface area contributed by atoms with Crippen molar-refractivity contribution >= 4 is 23.8 Å². The van der Waals surface area contributed by atoms with E-state index in [1.54, 1.807) is 0 Å². The highest BCUT2D eigenvalue weighted by Crippen LogP contribution is 2.31. The third-order valence-electron chi connectivity index (χ3n) is 9.76. The number of aliphatic hydroxyl groups excluding tert-OH is 5. The Morgan fingerprint density at radius 3 is 1.75 bits per heavy atom. The van der Waals surface area contributed by atoms with Crippen molar-refractivity contribution in [3.63, 3.8) is 0 Å². The van der Waals surface area contributed by atoms with Crippen LogP contribution in [0.3, 0.4) is 0 Å². The SMILES string of the molecule is CCCCCCCC(CC(=O)ON1C(=O)CCC1=O)OC(=O)CC(CCCCCCC)OC1OC(C)C(O)C(O)C1OC1OC(C)C(O)C(O)C1O. The maximum atomic E-state index is 13.5. The van der Waals surface area contributed by atoms with E-state index in [1.807, 2.05) is 0 Å². The first-order chi connectivity index (χ1) is 24.8. The molecule has 16 nitrogen and oxygen atoms in total. The molecule has 12 unspecified atom stereocenters. The molecule has 3 fully saturated rings. The number of amides is 2. The average Bonchev–Trinajstić information content (AvgIpc) is 3.41. The van der Waals surface area contributed by atoms with E-state index in [1.165, 1.54) is 13.8 Å². The average molecular weight is 748 g/mol. The number of ether oxygens (including phenoxy) is 5. The van der Waals surface area contributed by atoms with E-state index in [9.17, 15) is 44.7 Å². The highest BCUT2D eigenvalue weighted by atomic mass is 16.8. The summed E-state index contributed by atoms with van der Waals surface area (Å²) in [6, 6.07) is 0. The molecule has 52 heavy (non-hydrogen) atoms. The van der Waals surface area contributed by atoms with Crippen LogP contribution >= 0.6 is 0 Å². The molecule has 3 saturated heterocycles. The summed E-state index contributed by atoms with van der Waals surface area (Å²) in [5, 5.41) is 53.1. The first-order valence-corrected chi connectivity index (χ1v) is 19.0. The molecular weight excluding hydrogens is 686 g/mol. The molecule has 2 amide bonds. The summed E-state index contributed by atoms with van der Waals surface area (Å²) in [5.74, 6) is -2.79. The lowest BCUT2D eigenvalue weighted by molar-refractivity contribution is -0.366. The van der Waals surface area contributed by atoms with Gasteiger partial charge in [-0.05, 0) is 33.1 Å². The second-order valence-corrected chi connectivity index (χ2v) is 14.2. The zero-order valence-corrected chi connectivity index (χ0v) is 31.0. The fraction of sp³-hybridized carbons (Fsp3) is 0.889. The summed E-state index contributed by atoms with van der Waals surface area (Å²) < 4.78 is 29.4. The Morgan fingerprint density at radius 1 is 0.673 bits per heavy atom. The van der Waals surface area contributed by atoms with Crippen LogP contribution in [0, 0.1) is 0 Å². The van der Waals surface area contributed by atoms with Gasteiger partial charge in [0, 0.05) is 12.8 Å². The lowest BCUT2D eigenvalue weighted by Gasteiger charge is -2.46. The summed E-state index contributed by atoms with van der Waals surface area (Å²) in [6.45, 7) is 7.17. The maximum Gasteiger partial charge on any atom is 0.336 e. The minimum absolute atomic E-state index is 0.0500. The van der Waals surface area contributed by atoms with E-state index in [2.05, 4.69) is 13.8 Å². The fourth-order valence-corrected chi connectivity index (χ4v) is 6.50. The molecule has 3 rings (SSSR count). The molecule has 0 aliphatic carbocycles. The quantitative estimate of drug-likeness (QED) is 0.0607. The predicted octanol–water partition coefficient (Wildman–Crippen LogP) is 2.07. The summed E-state index contributed by atoms with van der Waals surface area (Å²) in [6.07, 6.45) is -6.53. The van der Waals surface area contributed by atoms with Gasteiger partial charge in [-0.25, -0.2) is 4.79 Å². The number of esters is 1. The molecule has 0 aromatic rings. The number of rotatable bonds is 22. The molecule has 16 heteroatoms.